The number of halogens is 1. The zero-order valence-electron chi connectivity index (χ0n) is 11.1. The van der Waals surface area contributed by atoms with Crippen LogP contribution in [0.25, 0.3) is 0 Å². The van der Waals surface area contributed by atoms with Crippen LogP contribution in [0.3, 0.4) is 0 Å². The molecule has 1 aromatic rings. The van der Waals surface area contributed by atoms with E-state index in [0.717, 1.165) is 17.3 Å². The average Bonchev–Trinajstić information content (AvgIpc) is 2.19. The molecule has 3 N–H and O–H groups in total. The van der Waals surface area contributed by atoms with Gasteiger partial charge in [0.05, 0.1) is 4.90 Å². The van der Waals surface area contributed by atoms with Crippen molar-refractivity contribution in [2.24, 2.45) is 5.92 Å². The van der Waals surface area contributed by atoms with Crippen LogP contribution in [0.5, 0.6) is 0 Å². The van der Waals surface area contributed by atoms with Gasteiger partial charge in [0.15, 0.2) is 0 Å². The maximum absolute atomic E-state index is 12.4. The fourth-order valence-electron chi connectivity index (χ4n) is 2.30. The molecule has 4 nitrogen and oxygen atoms in total. The van der Waals surface area contributed by atoms with Gasteiger partial charge >= 0.3 is 0 Å². The molecule has 0 aliphatic heterocycles. The first-order valence-electron chi connectivity index (χ1n) is 6.39. The number of nitrogens with one attached hydrogen (secondary N) is 1. The first-order chi connectivity index (χ1) is 8.81. The number of nitrogen functional groups attached to an aromatic ring is 1. The molecule has 1 saturated carbocycles. The van der Waals surface area contributed by atoms with Crippen molar-refractivity contribution in [2.75, 3.05) is 5.73 Å². The SMILES string of the molecule is Cc1cc(Br)c(N)cc1S(=O)(=O)NC(C)C1CCC1. The highest BCUT2D eigenvalue weighted by Gasteiger charge is 2.28. The Balaban J connectivity index is 2.26. The molecular weight excluding hydrogens is 328 g/mol. The van der Waals surface area contributed by atoms with Gasteiger partial charge in [0, 0.05) is 16.2 Å². The van der Waals surface area contributed by atoms with E-state index in [9.17, 15) is 8.42 Å². The topological polar surface area (TPSA) is 72.2 Å². The van der Waals surface area contributed by atoms with Crippen molar-refractivity contribution in [1.82, 2.24) is 4.72 Å². The lowest BCUT2D eigenvalue weighted by Crippen LogP contribution is -2.40. The van der Waals surface area contributed by atoms with Crippen LogP contribution >= 0.6 is 15.9 Å². The third-order valence-electron chi connectivity index (χ3n) is 3.78. The molecule has 0 bridgehead atoms. The molecule has 0 aromatic heterocycles. The summed E-state index contributed by atoms with van der Waals surface area (Å²) in [4.78, 5) is 0.263. The zero-order valence-corrected chi connectivity index (χ0v) is 13.5. The lowest BCUT2D eigenvalue weighted by molar-refractivity contribution is 0.260. The monoisotopic (exact) mass is 346 g/mol. The van der Waals surface area contributed by atoms with Crippen LogP contribution in [0.1, 0.15) is 31.7 Å². The van der Waals surface area contributed by atoms with Gasteiger partial charge in [-0.3, -0.25) is 0 Å². The van der Waals surface area contributed by atoms with Gasteiger partial charge in [-0.2, -0.15) is 0 Å². The first kappa shape index (κ1) is 14.8. The molecule has 106 valence electrons. The van der Waals surface area contributed by atoms with Crippen LogP contribution in [-0.2, 0) is 10.0 Å². The van der Waals surface area contributed by atoms with E-state index in [1.54, 1.807) is 13.0 Å². The van der Waals surface area contributed by atoms with Gasteiger partial charge in [-0.15, -0.1) is 0 Å². The standard InChI is InChI=1S/C13H19BrN2O2S/c1-8-6-11(14)12(15)7-13(8)19(17,18)16-9(2)10-4-3-5-10/h6-7,9-10,16H,3-5,15H2,1-2H3. The third kappa shape index (κ3) is 3.12. The van der Waals surface area contributed by atoms with E-state index in [0.29, 0.717) is 17.2 Å². The number of benzene rings is 1. The Hall–Kier alpha value is -0.590. The Morgan fingerprint density at radius 1 is 1.42 bits per heavy atom. The molecule has 1 aromatic carbocycles. The highest BCUT2D eigenvalue weighted by Crippen LogP contribution is 2.31. The fourth-order valence-corrected chi connectivity index (χ4v) is 4.33. The van der Waals surface area contributed by atoms with Gasteiger partial charge in [-0.25, -0.2) is 13.1 Å². The van der Waals surface area contributed by atoms with Crippen molar-refractivity contribution >= 4 is 31.6 Å². The minimum Gasteiger partial charge on any atom is -0.398 e. The van der Waals surface area contributed by atoms with Crippen LogP contribution in [0.15, 0.2) is 21.5 Å². The minimum atomic E-state index is -3.50. The summed E-state index contributed by atoms with van der Waals surface area (Å²) in [7, 11) is -3.50. The summed E-state index contributed by atoms with van der Waals surface area (Å²) in [5, 5.41) is 0. The number of aryl methyl sites for hydroxylation is 1. The lowest BCUT2D eigenvalue weighted by atomic mass is 9.81. The Bertz CT molecular complexity index is 583. The summed E-state index contributed by atoms with van der Waals surface area (Å²) in [6.45, 7) is 3.70. The van der Waals surface area contributed by atoms with Crippen molar-refractivity contribution in [3.05, 3.63) is 22.2 Å². The molecule has 0 heterocycles. The van der Waals surface area contributed by atoms with Gasteiger partial charge in [0.25, 0.3) is 0 Å². The van der Waals surface area contributed by atoms with Crippen LogP contribution in [0.4, 0.5) is 5.69 Å². The van der Waals surface area contributed by atoms with Crippen molar-refractivity contribution in [2.45, 2.75) is 44.0 Å². The van der Waals surface area contributed by atoms with Crippen molar-refractivity contribution < 1.29 is 8.42 Å². The second-order valence-corrected chi connectivity index (χ2v) is 7.78. The highest BCUT2D eigenvalue weighted by atomic mass is 79.9. The maximum atomic E-state index is 12.4. The Morgan fingerprint density at radius 2 is 2.05 bits per heavy atom. The molecule has 19 heavy (non-hydrogen) atoms. The molecule has 6 heteroatoms. The zero-order chi connectivity index (χ0) is 14.2. The minimum absolute atomic E-state index is 0.0250. The first-order valence-corrected chi connectivity index (χ1v) is 8.67. The lowest BCUT2D eigenvalue weighted by Gasteiger charge is -2.31. The molecule has 1 unspecified atom stereocenters. The van der Waals surface area contributed by atoms with Crippen molar-refractivity contribution in [3.8, 4) is 0 Å². The molecule has 0 saturated heterocycles. The molecule has 2 rings (SSSR count). The molecule has 1 aliphatic rings. The van der Waals surface area contributed by atoms with Crippen LogP contribution < -0.4 is 10.5 Å². The summed E-state index contributed by atoms with van der Waals surface area (Å²) in [6.07, 6.45) is 3.40. The van der Waals surface area contributed by atoms with E-state index in [1.165, 1.54) is 12.5 Å². The van der Waals surface area contributed by atoms with E-state index in [2.05, 4.69) is 20.7 Å². The molecule has 1 fully saturated rings. The molecule has 0 radical (unpaired) electrons. The molecule has 0 amide bonds. The van der Waals surface area contributed by atoms with Gasteiger partial charge in [-0.05, 0) is 66.2 Å². The summed E-state index contributed by atoms with van der Waals surface area (Å²) in [5.74, 6) is 0.461. The Labute approximate surface area is 122 Å². The second-order valence-electron chi connectivity index (χ2n) is 5.24. The summed E-state index contributed by atoms with van der Waals surface area (Å²) in [6, 6.07) is 3.22. The van der Waals surface area contributed by atoms with Crippen LogP contribution in [0.2, 0.25) is 0 Å². The maximum Gasteiger partial charge on any atom is 0.241 e. The van der Waals surface area contributed by atoms with E-state index in [1.807, 2.05) is 6.92 Å². The van der Waals surface area contributed by atoms with Gasteiger partial charge in [0.2, 0.25) is 10.0 Å². The van der Waals surface area contributed by atoms with E-state index >= 15 is 0 Å². The normalized spacial score (nSPS) is 18.1. The molecule has 1 atom stereocenters. The molecule has 1 aliphatic carbocycles. The van der Waals surface area contributed by atoms with Crippen LogP contribution in [-0.4, -0.2) is 14.5 Å². The molecular formula is C13H19BrN2O2S. The highest BCUT2D eigenvalue weighted by molar-refractivity contribution is 9.10. The number of anilines is 1. The summed E-state index contributed by atoms with van der Waals surface area (Å²) < 4.78 is 28.3. The predicted octanol–water partition coefficient (Wildman–Crippen LogP) is 2.81. The van der Waals surface area contributed by atoms with Gasteiger partial charge in [-0.1, -0.05) is 6.42 Å². The number of sulfonamides is 1. The summed E-state index contributed by atoms with van der Waals surface area (Å²) >= 11 is 3.30. The van der Waals surface area contributed by atoms with E-state index < -0.39 is 10.0 Å². The number of hydrogen-bond acceptors (Lipinski definition) is 3. The number of hydrogen-bond donors (Lipinski definition) is 2. The number of nitrogens with two attached hydrogens (primary N) is 1. The van der Waals surface area contributed by atoms with E-state index in [-0.39, 0.29) is 10.9 Å². The third-order valence-corrected chi connectivity index (χ3v) is 6.17. The van der Waals surface area contributed by atoms with Gasteiger partial charge in [0.1, 0.15) is 0 Å². The fraction of sp³-hybridized carbons (Fsp3) is 0.538. The quantitative estimate of drug-likeness (QED) is 0.823. The Kier molecular flexibility index (Phi) is 4.23. The van der Waals surface area contributed by atoms with Crippen molar-refractivity contribution in [3.63, 3.8) is 0 Å². The smallest absolute Gasteiger partial charge is 0.241 e. The summed E-state index contributed by atoms with van der Waals surface area (Å²) in [5.41, 5.74) is 6.90. The van der Waals surface area contributed by atoms with E-state index in [4.69, 9.17) is 5.73 Å². The molecule has 0 spiro atoms. The van der Waals surface area contributed by atoms with Crippen molar-refractivity contribution in [1.29, 1.82) is 0 Å². The van der Waals surface area contributed by atoms with Gasteiger partial charge < -0.3 is 5.73 Å². The van der Waals surface area contributed by atoms with Crippen LogP contribution in [0, 0.1) is 12.8 Å². The average molecular weight is 347 g/mol. The Morgan fingerprint density at radius 3 is 2.58 bits per heavy atom. The second kappa shape index (κ2) is 5.42. The number of rotatable bonds is 4. The largest absolute Gasteiger partial charge is 0.398 e. The predicted molar refractivity (Wildman–Crippen MR) is 80.4 cm³/mol.